The van der Waals surface area contributed by atoms with Crippen molar-refractivity contribution in [2.45, 2.75) is 68.6 Å². The van der Waals surface area contributed by atoms with Crippen LogP contribution >= 0.6 is 0 Å². The highest BCUT2D eigenvalue weighted by atomic mass is 19.4. The molecule has 196 valence electrons. The van der Waals surface area contributed by atoms with E-state index < -0.39 is 35.1 Å². The Morgan fingerprint density at radius 2 is 1.58 bits per heavy atom. The molecule has 1 amide bonds. The number of ether oxygens (including phenoxy) is 1. The minimum Gasteiger partial charge on any atom is -0.372 e. The number of hydrogen-bond donors (Lipinski definition) is 2. The fourth-order valence-corrected chi connectivity index (χ4v) is 5.08. The first kappa shape index (κ1) is 26.5. The number of alkyl halides is 6. The molecule has 1 spiro atoms. The van der Waals surface area contributed by atoms with Gasteiger partial charge in [0.2, 0.25) is 5.91 Å². The normalized spacial score (nSPS) is 26.0. The summed E-state index contributed by atoms with van der Waals surface area (Å²) >= 11 is 0. The van der Waals surface area contributed by atoms with Gasteiger partial charge in [-0.05, 0) is 61.9 Å². The summed E-state index contributed by atoms with van der Waals surface area (Å²) in [5.74, 6) is 0.00477. The van der Waals surface area contributed by atoms with Crippen molar-refractivity contribution in [2.75, 3.05) is 13.2 Å². The number of hydrogen-bond acceptors (Lipinski definition) is 3. The maximum atomic E-state index is 13.3. The molecular weight excluding hydrogens is 486 g/mol. The molecule has 0 radical (unpaired) electrons. The SMILES string of the molecule is C[C@@H](OC[C@@]1(c2ccccc2)CC[C@@]2(CCCC(=O)N2)CN1)c1cc(C(F)(F)F)cc(C(F)(F)F)c1. The van der Waals surface area contributed by atoms with Gasteiger partial charge in [0, 0.05) is 13.0 Å². The number of halogens is 6. The van der Waals surface area contributed by atoms with Crippen molar-refractivity contribution >= 4 is 5.91 Å². The molecule has 2 aromatic rings. The molecule has 2 saturated heterocycles. The number of carbonyl (C=O) groups is 1. The van der Waals surface area contributed by atoms with Crippen LogP contribution in [0.15, 0.2) is 48.5 Å². The van der Waals surface area contributed by atoms with Crippen LogP contribution in [-0.4, -0.2) is 24.6 Å². The summed E-state index contributed by atoms with van der Waals surface area (Å²) < 4.78 is 85.8. The maximum Gasteiger partial charge on any atom is 0.416 e. The standard InChI is InChI=1S/C26H28F6N2O2/c1-17(18-12-20(25(27,28)29)14-21(13-18)26(30,31)32)36-16-24(19-6-3-2-4-7-19)11-10-23(15-33-24)9-5-8-22(35)34-23/h2-4,6-7,12-14,17,33H,5,8-11,15-16H2,1H3,(H,34,35)/t17-,23+,24-/m1/s1. The van der Waals surface area contributed by atoms with Crippen molar-refractivity contribution in [1.29, 1.82) is 0 Å². The third kappa shape index (κ3) is 5.70. The smallest absolute Gasteiger partial charge is 0.372 e. The lowest BCUT2D eigenvalue weighted by Crippen LogP contribution is -2.65. The van der Waals surface area contributed by atoms with Crippen molar-refractivity contribution in [3.8, 4) is 0 Å². The first-order chi connectivity index (χ1) is 16.8. The molecule has 0 aliphatic carbocycles. The minimum atomic E-state index is -4.93. The van der Waals surface area contributed by atoms with E-state index >= 15 is 0 Å². The Kier molecular flexibility index (Phi) is 7.13. The molecule has 4 nitrogen and oxygen atoms in total. The highest BCUT2D eigenvalue weighted by Gasteiger charge is 2.45. The van der Waals surface area contributed by atoms with Crippen molar-refractivity contribution in [2.24, 2.45) is 0 Å². The minimum absolute atomic E-state index is 0.00477. The van der Waals surface area contributed by atoms with E-state index in [0.29, 0.717) is 37.9 Å². The van der Waals surface area contributed by atoms with E-state index in [1.807, 2.05) is 30.3 Å². The van der Waals surface area contributed by atoms with E-state index in [-0.39, 0.29) is 29.7 Å². The lowest BCUT2D eigenvalue weighted by Gasteiger charge is -2.49. The van der Waals surface area contributed by atoms with E-state index in [1.165, 1.54) is 6.92 Å². The van der Waals surface area contributed by atoms with Gasteiger partial charge in [-0.3, -0.25) is 4.79 Å². The quantitative estimate of drug-likeness (QED) is 0.473. The molecule has 2 heterocycles. The van der Waals surface area contributed by atoms with E-state index in [2.05, 4.69) is 10.6 Å². The Hall–Kier alpha value is -2.59. The van der Waals surface area contributed by atoms with Crippen molar-refractivity contribution < 1.29 is 35.9 Å². The highest BCUT2D eigenvalue weighted by Crippen LogP contribution is 2.40. The van der Waals surface area contributed by atoms with Crippen molar-refractivity contribution in [3.05, 3.63) is 70.8 Å². The van der Waals surface area contributed by atoms with Crippen LogP contribution in [0, 0.1) is 0 Å². The van der Waals surface area contributed by atoms with Crippen LogP contribution in [0.4, 0.5) is 26.3 Å². The van der Waals surface area contributed by atoms with Crippen LogP contribution < -0.4 is 10.6 Å². The predicted molar refractivity (Wildman–Crippen MR) is 121 cm³/mol. The molecule has 2 aliphatic rings. The zero-order chi connectivity index (χ0) is 26.2. The van der Waals surface area contributed by atoms with E-state index in [9.17, 15) is 31.1 Å². The first-order valence-corrected chi connectivity index (χ1v) is 11.8. The Labute approximate surface area is 205 Å². The van der Waals surface area contributed by atoms with Gasteiger partial charge in [0.1, 0.15) is 0 Å². The Balaban J connectivity index is 1.57. The second-order valence-corrected chi connectivity index (χ2v) is 9.78. The maximum absolute atomic E-state index is 13.3. The fraction of sp³-hybridized carbons (Fsp3) is 0.500. The number of rotatable bonds is 5. The fourth-order valence-electron chi connectivity index (χ4n) is 5.08. The average Bonchev–Trinajstić information content (AvgIpc) is 2.83. The topological polar surface area (TPSA) is 50.4 Å². The number of nitrogens with one attached hydrogen (secondary N) is 2. The third-order valence-corrected chi connectivity index (χ3v) is 7.24. The Bertz CT molecular complexity index is 1040. The van der Waals surface area contributed by atoms with Crippen molar-refractivity contribution in [3.63, 3.8) is 0 Å². The molecule has 2 fully saturated rings. The first-order valence-electron chi connectivity index (χ1n) is 11.8. The van der Waals surface area contributed by atoms with E-state index in [0.717, 1.165) is 18.4 Å². The Morgan fingerprint density at radius 3 is 2.11 bits per heavy atom. The predicted octanol–water partition coefficient (Wildman–Crippen LogP) is 6.12. The lowest BCUT2D eigenvalue weighted by atomic mass is 9.73. The van der Waals surface area contributed by atoms with Crippen LogP contribution in [0.3, 0.4) is 0 Å². The summed E-state index contributed by atoms with van der Waals surface area (Å²) in [6, 6.07) is 10.9. The van der Waals surface area contributed by atoms with Gasteiger partial charge in [-0.2, -0.15) is 26.3 Å². The second kappa shape index (κ2) is 9.70. The van der Waals surface area contributed by atoms with E-state index in [1.54, 1.807) is 0 Å². The van der Waals surface area contributed by atoms with Crippen molar-refractivity contribution in [1.82, 2.24) is 10.6 Å². The molecule has 2 aliphatic heterocycles. The second-order valence-electron chi connectivity index (χ2n) is 9.78. The van der Waals surface area contributed by atoms with Gasteiger partial charge in [-0.15, -0.1) is 0 Å². The molecule has 4 rings (SSSR count). The largest absolute Gasteiger partial charge is 0.416 e. The van der Waals surface area contributed by atoms with E-state index in [4.69, 9.17) is 4.74 Å². The summed E-state index contributed by atoms with van der Waals surface area (Å²) in [7, 11) is 0. The number of carbonyl (C=O) groups excluding carboxylic acids is 1. The van der Waals surface area contributed by atoms with Crippen LogP contribution in [0.25, 0.3) is 0 Å². The molecule has 3 atom stereocenters. The van der Waals surface area contributed by atoms with Crippen LogP contribution in [0.2, 0.25) is 0 Å². The van der Waals surface area contributed by atoms with Crippen LogP contribution in [0.1, 0.15) is 67.4 Å². The lowest BCUT2D eigenvalue weighted by molar-refractivity contribution is -0.143. The number of piperidine rings is 2. The zero-order valence-corrected chi connectivity index (χ0v) is 19.7. The number of benzene rings is 2. The summed E-state index contributed by atoms with van der Waals surface area (Å²) in [4.78, 5) is 12.0. The van der Waals surface area contributed by atoms with Crippen LogP contribution in [-0.2, 0) is 27.4 Å². The van der Waals surface area contributed by atoms with Gasteiger partial charge in [-0.25, -0.2) is 0 Å². The zero-order valence-electron chi connectivity index (χ0n) is 19.7. The van der Waals surface area contributed by atoms with Gasteiger partial charge in [0.05, 0.1) is 34.9 Å². The summed E-state index contributed by atoms with van der Waals surface area (Å²) in [5.41, 5.74) is -3.13. The summed E-state index contributed by atoms with van der Waals surface area (Å²) in [6.07, 6.45) is -7.53. The monoisotopic (exact) mass is 514 g/mol. The molecule has 2 N–H and O–H groups in total. The Morgan fingerprint density at radius 1 is 0.944 bits per heavy atom. The van der Waals surface area contributed by atoms with Gasteiger partial charge < -0.3 is 15.4 Å². The van der Waals surface area contributed by atoms with Gasteiger partial charge in [0.15, 0.2) is 0 Å². The molecule has 0 aromatic heterocycles. The summed E-state index contributed by atoms with van der Waals surface area (Å²) in [6.45, 7) is 1.95. The van der Waals surface area contributed by atoms with Gasteiger partial charge in [-0.1, -0.05) is 30.3 Å². The third-order valence-electron chi connectivity index (χ3n) is 7.24. The van der Waals surface area contributed by atoms with Gasteiger partial charge in [0.25, 0.3) is 0 Å². The molecular formula is C26H28F6N2O2. The molecule has 0 unspecified atom stereocenters. The highest BCUT2D eigenvalue weighted by molar-refractivity contribution is 5.77. The van der Waals surface area contributed by atoms with Crippen LogP contribution in [0.5, 0.6) is 0 Å². The summed E-state index contributed by atoms with van der Waals surface area (Å²) in [5, 5.41) is 6.61. The number of amides is 1. The molecule has 2 aromatic carbocycles. The molecule has 10 heteroatoms. The molecule has 36 heavy (non-hydrogen) atoms. The van der Waals surface area contributed by atoms with Gasteiger partial charge >= 0.3 is 12.4 Å². The molecule has 0 bridgehead atoms. The average molecular weight is 515 g/mol. The molecule has 0 saturated carbocycles.